The lowest BCUT2D eigenvalue weighted by molar-refractivity contribution is -0.120. The SMILES string of the molecule is COCCNC(=O)CNC(=O)c1ccc(OCC2CC2)cc1. The van der Waals surface area contributed by atoms with Gasteiger partial charge in [-0.05, 0) is 43.0 Å². The number of methoxy groups -OCH3 is 1. The highest BCUT2D eigenvalue weighted by Crippen LogP contribution is 2.29. The molecule has 0 aromatic heterocycles. The number of amides is 2. The minimum atomic E-state index is -0.282. The van der Waals surface area contributed by atoms with E-state index < -0.39 is 0 Å². The van der Waals surface area contributed by atoms with Crippen molar-refractivity contribution < 1.29 is 19.1 Å². The first-order valence-electron chi connectivity index (χ1n) is 7.45. The summed E-state index contributed by atoms with van der Waals surface area (Å²) in [5, 5.41) is 5.21. The third-order valence-electron chi connectivity index (χ3n) is 3.34. The molecule has 1 aliphatic carbocycles. The van der Waals surface area contributed by atoms with Crippen LogP contribution in [-0.2, 0) is 9.53 Å². The van der Waals surface area contributed by atoms with Gasteiger partial charge in [0, 0.05) is 19.2 Å². The summed E-state index contributed by atoms with van der Waals surface area (Å²) >= 11 is 0. The van der Waals surface area contributed by atoms with Gasteiger partial charge in [-0.2, -0.15) is 0 Å². The second kappa shape index (κ2) is 8.38. The lowest BCUT2D eigenvalue weighted by atomic mass is 10.2. The van der Waals surface area contributed by atoms with Crippen molar-refractivity contribution in [1.82, 2.24) is 10.6 Å². The standard InChI is InChI=1S/C16H22N2O4/c1-21-9-8-17-15(19)10-18-16(20)13-4-6-14(7-5-13)22-11-12-2-3-12/h4-7,12H,2-3,8-11H2,1H3,(H,17,19)(H,18,20). The van der Waals surface area contributed by atoms with Crippen molar-refractivity contribution in [3.05, 3.63) is 29.8 Å². The highest BCUT2D eigenvalue weighted by Gasteiger charge is 2.21. The Labute approximate surface area is 130 Å². The average molecular weight is 306 g/mol. The zero-order chi connectivity index (χ0) is 15.8. The van der Waals surface area contributed by atoms with Crippen molar-refractivity contribution in [2.75, 3.05) is 33.4 Å². The van der Waals surface area contributed by atoms with Crippen molar-refractivity contribution in [2.24, 2.45) is 5.92 Å². The predicted octanol–water partition coefficient (Wildman–Crippen LogP) is 0.968. The van der Waals surface area contributed by atoms with Crippen molar-refractivity contribution in [3.8, 4) is 5.75 Å². The van der Waals surface area contributed by atoms with E-state index in [1.807, 2.05) is 0 Å². The quantitative estimate of drug-likeness (QED) is 0.667. The number of ether oxygens (including phenoxy) is 2. The average Bonchev–Trinajstić information content (AvgIpc) is 3.36. The second-order valence-corrected chi connectivity index (χ2v) is 5.30. The molecule has 1 fully saturated rings. The van der Waals surface area contributed by atoms with Crippen LogP contribution in [0.3, 0.4) is 0 Å². The molecule has 1 aromatic rings. The van der Waals surface area contributed by atoms with Gasteiger partial charge in [-0.1, -0.05) is 0 Å². The maximum absolute atomic E-state index is 11.9. The zero-order valence-electron chi connectivity index (χ0n) is 12.8. The van der Waals surface area contributed by atoms with Crippen LogP contribution in [0.2, 0.25) is 0 Å². The molecule has 0 spiro atoms. The van der Waals surface area contributed by atoms with Gasteiger partial charge < -0.3 is 20.1 Å². The fourth-order valence-corrected chi connectivity index (χ4v) is 1.82. The van der Waals surface area contributed by atoms with Crippen LogP contribution in [0, 0.1) is 5.92 Å². The number of carbonyl (C=O) groups excluding carboxylic acids is 2. The number of hydrogen-bond donors (Lipinski definition) is 2. The van der Waals surface area contributed by atoms with E-state index in [2.05, 4.69) is 10.6 Å². The molecule has 6 heteroatoms. The topological polar surface area (TPSA) is 76.7 Å². The summed E-state index contributed by atoms with van der Waals surface area (Å²) in [7, 11) is 1.56. The van der Waals surface area contributed by atoms with E-state index in [0.29, 0.717) is 24.6 Å². The van der Waals surface area contributed by atoms with E-state index in [0.717, 1.165) is 12.4 Å². The van der Waals surface area contributed by atoms with E-state index in [4.69, 9.17) is 9.47 Å². The number of nitrogens with one attached hydrogen (secondary N) is 2. The van der Waals surface area contributed by atoms with Crippen LogP contribution >= 0.6 is 0 Å². The van der Waals surface area contributed by atoms with Gasteiger partial charge in [-0.3, -0.25) is 9.59 Å². The Balaban J connectivity index is 1.70. The second-order valence-electron chi connectivity index (χ2n) is 5.30. The highest BCUT2D eigenvalue weighted by atomic mass is 16.5. The summed E-state index contributed by atoms with van der Waals surface area (Å²) < 4.78 is 10.4. The molecule has 22 heavy (non-hydrogen) atoms. The molecule has 2 N–H and O–H groups in total. The first-order chi connectivity index (χ1) is 10.7. The molecule has 0 heterocycles. The number of benzene rings is 1. The van der Waals surface area contributed by atoms with Crippen LogP contribution in [0.25, 0.3) is 0 Å². The zero-order valence-corrected chi connectivity index (χ0v) is 12.8. The number of hydrogen-bond acceptors (Lipinski definition) is 4. The van der Waals surface area contributed by atoms with Crippen molar-refractivity contribution in [2.45, 2.75) is 12.8 Å². The summed E-state index contributed by atoms with van der Waals surface area (Å²) in [4.78, 5) is 23.4. The van der Waals surface area contributed by atoms with E-state index in [9.17, 15) is 9.59 Å². The molecule has 120 valence electrons. The van der Waals surface area contributed by atoms with Crippen LogP contribution in [0.5, 0.6) is 5.75 Å². The lowest BCUT2D eigenvalue weighted by Crippen LogP contribution is -2.38. The molecule has 1 aromatic carbocycles. The molecule has 0 atom stereocenters. The van der Waals surface area contributed by atoms with Gasteiger partial charge in [-0.15, -0.1) is 0 Å². The van der Waals surface area contributed by atoms with Gasteiger partial charge in [-0.25, -0.2) is 0 Å². The monoisotopic (exact) mass is 306 g/mol. The Bertz CT molecular complexity index is 497. The van der Waals surface area contributed by atoms with Gasteiger partial charge in [0.15, 0.2) is 0 Å². The first-order valence-corrected chi connectivity index (χ1v) is 7.45. The molecule has 0 unspecified atom stereocenters. The fourth-order valence-electron chi connectivity index (χ4n) is 1.82. The van der Waals surface area contributed by atoms with Crippen molar-refractivity contribution in [3.63, 3.8) is 0 Å². The van der Waals surface area contributed by atoms with Crippen LogP contribution in [0.1, 0.15) is 23.2 Å². The van der Waals surface area contributed by atoms with Gasteiger partial charge in [0.2, 0.25) is 5.91 Å². The minimum Gasteiger partial charge on any atom is -0.493 e. The molecule has 2 rings (SSSR count). The van der Waals surface area contributed by atoms with Crippen LogP contribution in [0.15, 0.2) is 24.3 Å². The van der Waals surface area contributed by atoms with E-state index in [1.54, 1.807) is 31.4 Å². The summed E-state index contributed by atoms with van der Waals surface area (Å²) in [6.07, 6.45) is 2.49. The Morgan fingerprint density at radius 3 is 2.55 bits per heavy atom. The van der Waals surface area contributed by atoms with Gasteiger partial charge in [0.05, 0.1) is 19.8 Å². The summed E-state index contributed by atoms with van der Waals surface area (Å²) in [6.45, 7) is 1.57. The van der Waals surface area contributed by atoms with Crippen LogP contribution < -0.4 is 15.4 Å². The first kappa shape index (κ1) is 16.3. The molecular formula is C16H22N2O4. The lowest BCUT2D eigenvalue weighted by Gasteiger charge is -2.08. The maximum Gasteiger partial charge on any atom is 0.251 e. The van der Waals surface area contributed by atoms with Gasteiger partial charge in [0.25, 0.3) is 5.91 Å². The summed E-state index contributed by atoms with van der Waals surface area (Å²) in [5.41, 5.74) is 0.503. The van der Waals surface area contributed by atoms with Crippen LogP contribution in [-0.4, -0.2) is 45.2 Å². The van der Waals surface area contributed by atoms with Crippen molar-refractivity contribution in [1.29, 1.82) is 0 Å². The third kappa shape index (κ3) is 5.73. The largest absolute Gasteiger partial charge is 0.493 e. The molecule has 0 aliphatic heterocycles. The maximum atomic E-state index is 11.9. The molecule has 1 aliphatic rings. The smallest absolute Gasteiger partial charge is 0.251 e. The van der Waals surface area contributed by atoms with Gasteiger partial charge >= 0.3 is 0 Å². The minimum absolute atomic E-state index is 0.0531. The van der Waals surface area contributed by atoms with E-state index >= 15 is 0 Å². The summed E-state index contributed by atoms with van der Waals surface area (Å²) in [5.74, 6) is 0.936. The fraction of sp³-hybridized carbons (Fsp3) is 0.500. The Morgan fingerprint density at radius 1 is 1.18 bits per heavy atom. The molecule has 0 saturated heterocycles. The Morgan fingerprint density at radius 2 is 1.91 bits per heavy atom. The van der Waals surface area contributed by atoms with Crippen LogP contribution in [0.4, 0.5) is 0 Å². The Hall–Kier alpha value is -2.08. The number of carbonyl (C=O) groups is 2. The molecular weight excluding hydrogens is 284 g/mol. The van der Waals surface area contributed by atoms with E-state index in [-0.39, 0.29) is 18.4 Å². The molecule has 2 amide bonds. The number of rotatable bonds is 9. The highest BCUT2D eigenvalue weighted by molar-refractivity contribution is 5.96. The summed E-state index contributed by atoms with van der Waals surface area (Å²) in [6, 6.07) is 6.94. The third-order valence-corrected chi connectivity index (χ3v) is 3.34. The molecule has 6 nitrogen and oxygen atoms in total. The van der Waals surface area contributed by atoms with E-state index in [1.165, 1.54) is 12.8 Å². The molecule has 0 radical (unpaired) electrons. The van der Waals surface area contributed by atoms with Crippen molar-refractivity contribution >= 4 is 11.8 Å². The molecule has 0 bridgehead atoms. The predicted molar refractivity (Wildman–Crippen MR) is 81.9 cm³/mol. The molecule has 1 saturated carbocycles. The van der Waals surface area contributed by atoms with Gasteiger partial charge in [0.1, 0.15) is 5.75 Å². The normalized spacial score (nSPS) is 13.5. The Kier molecular flexibility index (Phi) is 6.21.